The van der Waals surface area contributed by atoms with Crippen LogP contribution in [0, 0.1) is 19.3 Å². The molecule has 1 fully saturated rings. The van der Waals surface area contributed by atoms with Gasteiger partial charge in [-0.1, -0.05) is 44.2 Å². The molecule has 0 aromatic heterocycles. The molecule has 1 saturated heterocycles. The lowest BCUT2D eigenvalue weighted by Crippen LogP contribution is -2.58. The van der Waals surface area contributed by atoms with E-state index in [2.05, 4.69) is 10.6 Å². The number of esters is 2. The number of nitrogens with zero attached hydrogens (tertiary/aromatic N) is 1. The standard InChI is InChI=1S/C32H39F2N3O7/c1-8-35-29(41)27-31(6,7)32(33,34)17-37(27)30(42)26(44-21(5)39)24(16-22-12-10-9-11-13-22)36-28(40)23-14-18(2)15-25(19(23)3)43-20(4)38/h9-15,24,26-27H,8,16-17H2,1-7H3,(H,35,41)(H,36,40)/t24?,26?,27-/m1/s1. The Morgan fingerprint density at radius 2 is 1.66 bits per heavy atom. The Bertz CT molecular complexity index is 1430. The molecule has 3 atom stereocenters. The molecule has 1 aliphatic rings. The maximum Gasteiger partial charge on any atom is 0.308 e. The summed E-state index contributed by atoms with van der Waals surface area (Å²) in [6.07, 6.45) is -1.80. The first-order chi connectivity index (χ1) is 20.5. The third kappa shape index (κ3) is 7.40. The van der Waals surface area contributed by atoms with Crippen LogP contribution in [0.4, 0.5) is 8.78 Å². The van der Waals surface area contributed by atoms with Gasteiger partial charge in [-0.05, 0) is 50.5 Å². The number of hydrogen-bond acceptors (Lipinski definition) is 7. The van der Waals surface area contributed by atoms with Crippen molar-refractivity contribution in [3.05, 3.63) is 64.7 Å². The highest BCUT2D eigenvalue weighted by Crippen LogP contribution is 2.48. The number of nitrogens with one attached hydrogen (secondary N) is 2. The number of likely N-dealkylation sites (tertiary alicyclic amines) is 1. The summed E-state index contributed by atoms with van der Waals surface area (Å²) in [5.41, 5.74) is -0.226. The molecule has 0 saturated carbocycles. The third-order valence-corrected chi connectivity index (χ3v) is 7.71. The van der Waals surface area contributed by atoms with Crippen molar-refractivity contribution in [1.82, 2.24) is 15.5 Å². The highest BCUT2D eigenvalue weighted by atomic mass is 19.3. The van der Waals surface area contributed by atoms with Crippen LogP contribution in [0.5, 0.6) is 5.75 Å². The van der Waals surface area contributed by atoms with Gasteiger partial charge in [0.1, 0.15) is 11.8 Å². The molecule has 3 amide bonds. The molecule has 2 aromatic rings. The van der Waals surface area contributed by atoms with Gasteiger partial charge in [-0.25, -0.2) is 8.78 Å². The van der Waals surface area contributed by atoms with Crippen LogP contribution in [-0.4, -0.2) is 71.8 Å². The highest BCUT2D eigenvalue weighted by molar-refractivity contribution is 5.98. The second kappa shape index (κ2) is 13.5. The lowest BCUT2D eigenvalue weighted by atomic mass is 9.81. The van der Waals surface area contributed by atoms with Crippen LogP contribution < -0.4 is 15.4 Å². The molecule has 2 aromatic carbocycles. The van der Waals surface area contributed by atoms with E-state index in [9.17, 15) is 24.0 Å². The summed E-state index contributed by atoms with van der Waals surface area (Å²) in [6.45, 7) is 8.64. The van der Waals surface area contributed by atoms with Crippen molar-refractivity contribution in [2.45, 2.75) is 79.0 Å². The summed E-state index contributed by atoms with van der Waals surface area (Å²) < 4.78 is 41.3. The van der Waals surface area contributed by atoms with E-state index in [-0.39, 0.29) is 24.3 Å². The largest absolute Gasteiger partial charge is 0.450 e. The zero-order chi connectivity index (χ0) is 33.0. The number of rotatable bonds is 10. The molecular formula is C32H39F2N3O7. The lowest BCUT2D eigenvalue weighted by molar-refractivity contribution is -0.162. The summed E-state index contributed by atoms with van der Waals surface area (Å²) in [7, 11) is 0. The van der Waals surface area contributed by atoms with Crippen LogP contribution in [0.2, 0.25) is 0 Å². The first-order valence-electron chi connectivity index (χ1n) is 14.3. The number of hydrogen-bond donors (Lipinski definition) is 2. The summed E-state index contributed by atoms with van der Waals surface area (Å²) in [5, 5.41) is 5.28. The van der Waals surface area contributed by atoms with Crippen LogP contribution in [0.3, 0.4) is 0 Å². The van der Waals surface area contributed by atoms with E-state index < -0.39 is 65.7 Å². The molecule has 1 heterocycles. The fraction of sp³-hybridized carbons (Fsp3) is 0.469. The minimum Gasteiger partial charge on any atom is -0.450 e. The van der Waals surface area contributed by atoms with Gasteiger partial charge in [-0.2, -0.15) is 0 Å². The van der Waals surface area contributed by atoms with E-state index in [4.69, 9.17) is 9.47 Å². The Balaban J connectivity index is 2.10. The molecule has 44 heavy (non-hydrogen) atoms. The minimum atomic E-state index is -3.46. The topological polar surface area (TPSA) is 131 Å². The Labute approximate surface area is 255 Å². The lowest BCUT2D eigenvalue weighted by Gasteiger charge is -2.35. The molecule has 1 aliphatic heterocycles. The number of likely N-dealkylation sites (N-methyl/N-ethyl adjacent to an activating group) is 1. The van der Waals surface area contributed by atoms with Crippen molar-refractivity contribution in [3.63, 3.8) is 0 Å². The highest BCUT2D eigenvalue weighted by Gasteiger charge is 2.65. The van der Waals surface area contributed by atoms with Crippen LogP contribution in [0.1, 0.15) is 61.7 Å². The van der Waals surface area contributed by atoms with E-state index in [1.165, 1.54) is 20.8 Å². The van der Waals surface area contributed by atoms with Crippen LogP contribution >= 0.6 is 0 Å². The van der Waals surface area contributed by atoms with Crippen molar-refractivity contribution in [1.29, 1.82) is 0 Å². The zero-order valence-electron chi connectivity index (χ0n) is 26.0. The van der Waals surface area contributed by atoms with Crippen LogP contribution in [0.25, 0.3) is 0 Å². The van der Waals surface area contributed by atoms with Gasteiger partial charge in [0.2, 0.25) is 12.0 Å². The average molecular weight is 616 g/mol. The van der Waals surface area contributed by atoms with Gasteiger partial charge in [0, 0.05) is 31.5 Å². The summed E-state index contributed by atoms with van der Waals surface area (Å²) in [5.74, 6) is -7.27. The number of carbonyl (C=O) groups is 5. The van der Waals surface area contributed by atoms with E-state index in [0.717, 1.165) is 11.8 Å². The molecule has 3 rings (SSSR count). The normalized spacial score (nSPS) is 18.1. The third-order valence-electron chi connectivity index (χ3n) is 7.71. The number of ether oxygens (including phenoxy) is 2. The van der Waals surface area contributed by atoms with E-state index >= 15 is 8.78 Å². The van der Waals surface area contributed by atoms with Gasteiger partial charge in [-0.3, -0.25) is 24.0 Å². The maximum atomic E-state index is 15.3. The van der Waals surface area contributed by atoms with Crippen molar-refractivity contribution < 1.29 is 42.2 Å². The summed E-state index contributed by atoms with van der Waals surface area (Å²) in [6, 6.07) is 9.04. The van der Waals surface area contributed by atoms with Gasteiger partial charge in [0.15, 0.2) is 0 Å². The number of halogens is 2. The van der Waals surface area contributed by atoms with E-state index in [1.54, 1.807) is 63.2 Å². The Hall–Kier alpha value is -4.35. The van der Waals surface area contributed by atoms with Gasteiger partial charge in [0.25, 0.3) is 17.7 Å². The average Bonchev–Trinajstić information content (AvgIpc) is 3.12. The molecule has 0 aliphatic carbocycles. The first-order valence-corrected chi connectivity index (χ1v) is 14.3. The fourth-order valence-corrected chi connectivity index (χ4v) is 5.36. The predicted octanol–water partition coefficient (Wildman–Crippen LogP) is 3.51. The van der Waals surface area contributed by atoms with Crippen LogP contribution in [-0.2, 0) is 30.3 Å². The molecular weight excluding hydrogens is 576 g/mol. The number of aryl methyl sites for hydroxylation is 1. The van der Waals surface area contributed by atoms with Crippen molar-refractivity contribution in [2.24, 2.45) is 5.41 Å². The van der Waals surface area contributed by atoms with Crippen molar-refractivity contribution in [2.75, 3.05) is 13.1 Å². The summed E-state index contributed by atoms with van der Waals surface area (Å²) in [4.78, 5) is 65.7. The first kappa shape index (κ1) is 34.1. The molecule has 12 heteroatoms. The monoisotopic (exact) mass is 615 g/mol. The zero-order valence-corrected chi connectivity index (χ0v) is 26.0. The number of carbonyl (C=O) groups excluding carboxylic acids is 5. The molecule has 2 unspecified atom stereocenters. The second-order valence-electron chi connectivity index (χ2n) is 11.5. The van der Waals surface area contributed by atoms with Crippen molar-refractivity contribution >= 4 is 29.7 Å². The smallest absolute Gasteiger partial charge is 0.308 e. The quantitative estimate of drug-likeness (QED) is 0.309. The Morgan fingerprint density at radius 3 is 2.23 bits per heavy atom. The number of alkyl halides is 2. The number of benzene rings is 2. The van der Waals surface area contributed by atoms with Gasteiger partial charge < -0.3 is 25.0 Å². The van der Waals surface area contributed by atoms with Crippen molar-refractivity contribution in [3.8, 4) is 5.75 Å². The summed E-state index contributed by atoms with van der Waals surface area (Å²) >= 11 is 0. The second-order valence-corrected chi connectivity index (χ2v) is 11.5. The molecule has 0 bridgehead atoms. The van der Waals surface area contributed by atoms with Gasteiger partial charge in [-0.15, -0.1) is 0 Å². The molecule has 0 radical (unpaired) electrons. The fourth-order valence-electron chi connectivity index (χ4n) is 5.36. The predicted molar refractivity (Wildman–Crippen MR) is 157 cm³/mol. The molecule has 238 valence electrons. The molecule has 10 nitrogen and oxygen atoms in total. The van der Waals surface area contributed by atoms with E-state index in [0.29, 0.717) is 16.7 Å². The SMILES string of the molecule is CCNC(=O)[C@H]1N(C(=O)C(OC(C)=O)C(Cc2ccccc2)NC(=O)c2cc(C)cc(OC(C)=O)c2C)CC(F)(F)C1(C)C. The maximum absolute atomic E-state index is 15.3. The Kier molecular flexibility index (Phi) is 10.5. The molecule has 2 N–H and O–H groups in total. The van der Waals surface area contributed by atoms with E-state index in [1.807, 2.05) is 0 Å². The Morgan fingerprint density at radius 1 is 1.02 bits per heavy atom. The molecule has 0 spiro atoms. The van der Waals surface area contributed by atoms with Gasteiger partial charge in [0.05, 0.1) is 18.0 Å². The minimum absolute atomic E-state index is 0.0304. The van der Waals surface area contributed by atoms with Gasteiger partial charge >= 0.3 is 11.9 Å². The number of amides is 3. The van der Waals surface area contributed by atoms with Crippen LogP contribution in [0.15, 0.2) is 42.5 Å².